The first-order valence-corrected chi connectivity index (χ1v) is 41.9. The number of thiophene rings is 2. The highest BCUT2D eigenvalue weighted by molar-refractivity contribution is 7.17. The molecule has 8 aromatic rings. The zero-order chi connectivity index (χ0) is 87.9. The average molecular weight is 1760 g/mol. The van der Waals surface area contributed by atoms with Crippen molar-refractivity contribution in [2.45, 2.75) is 130 Å². The van der Waals surface area contributed by atoms with E-state index in [4.69, 9.17) is 66.3 Å². The standard InChI is InChI=1S/C42H44ClN7O10S.C22H27N3O8.C20H17ClN4O3S/c1-23-35-36(25-9-11-26(43)12-10-25)45-30(20-34(53)57-3)38-48-47-24(2)50(38)42(35)61-37(23)40(55)44-15-17-59-19-18-58-16-5-6-27(51)22-60-32-8-4-7-28-29(32)21-49(41(28)56)31-13-14-33(52)46-39(31)54;1-2-9-31-11-12-32-10-8-23-18(27)13-33-16-5-3-4-14-19(16)22(30)25(21(14)29)15-6-7-17(26)24-20(15)28;1-9(26)8-14-18-24-23-11(3)25(18)19-15(10(2)17(29-19)20(27)28)16(22-14)12-4-6-13(21)7-5-12/h4,7-12,30-31H,5-6,13-22H2,1-3H3,(H,44,55)(H,46,52,54);3-5,15H,2,6-13H2,1H3,(H,23,27)(H,24,26,28);4-7,14H,8H2,1-3H3,(H,27,28)/t30-,31?;;14-/m1.1/s1. The van der Waals surface area contributed by atoms with Crippen molar-refractivity contribution in [3.8, 4) is 21.5 Å². The van der Waals surface area contributed by atoms with Crippen LogP contribution in [-0.2, 0) is 68.6 Å². The second kappa shape index (κ2) is 41.3. The van der Waals surface area contributed by atoms with Crippen LogP contribution >= 0.6 is 45.9 Å². The van der Waals surface area contributed by atoms with Crippen molar-refractivity contribution in [2.75, 3.05) is 86.3 Å². The van der Waals surface area contributed by atoms with Crippen LogP contribution in [0.2, 0.25) is 10.0 Å². The van der Waals surface area contributed by atoms with Crippen LogP contribution in [0.4, 0.5) is 0 Å². The molecule has 39 heteroatoms. The molecule has 0 spiro atoms. The normalized spacial score (nSPS) is 16.7. The number of aromatic carboxylic acids is 1. The predicted octanol–water partition coefficient (Wildman–Crippen LogP) is 8.20. The lowest BCUT2D eigenvalue weighted by molar-refractivity contribution is -0.141. The molecule has 4 aromatic heterocycles. The Morgan fingerprint density at radius 3 is 1.63 bits per heavy atom. The molecule has 2 saturated heterocycles. The molecule has 5 N–H and O–H groups in total. The maximum atomic E-state index is 13.6. The van der Waals surface area contributed by atoms with Gasteiger partial charge in [0.15, 0.2) is 24.0 Å². The van der Waals surface area contributed by atoms with Crippen LogP contribution in [0.3, 0.4) is 0 Å². The van der Waals surface area contributed by atoms with Gasteiger partial charge in [-0.15, -0.1) is 43.1 Å². The lowest BCUT2D eigenvalue weighted by atomic mass is 9.99. The lowest BCUT2D eigenvalue weighted by Crippen LogP contribution is -2.54. The smallest absolute Gasteiger partial charge is 0.346 e. The van der Waals surface area contributed by atoms with Gasteiger partial charge in [0.1, 0.15) is 74.6 Å². The van der Waals surface area contributed by atoms with Crippen LogP contribution < -0.4 is 30.7 Å². The minimum atomic E-state index is -1.07. The summed E-state index contributed by atoms with van der Waals surface area (Å²) in [5.41, 5.74) is 6.63. The van der Waals surface area contributed by atoms with Crippen molar-refractivity contribution in [2.24, 2.45) is 9.98 Å². The fraction of sp³-hybridized carbons (Fsp3) is 0.393. The van der Waals surface area contributed by atoms with E-state index in [1.165, 1.54) is 48.5 Å². The van der Waals surface area contributed by atoms with Gasteiger partial charge in [-0.2, -0.15) is 0 Å². The summed E-state index contributed by atoms with van der Waals surface area (Å²) < 4.78 is 41.9. The Hall–Kier alpha value is -12.0. The van der Waals surface area contributed by atoms with Gasteiger partial charge >= 0.3 is 11.9 Å². The highest BCUT2D eigenvalue weighted by Gasteiger charge is 2.47. The molecule has 0 bridgehead atoms. The van der Waals surface area contributed by atoms with Gasteiger partial charge in [-0.3, -0.25) is 92.2 Å². The van der Waals surface area contributed by atoms with Gasteiger partial charge in [0, 0.05) is 95.4 Å². The molecule has 9 amide bonds. The van der Waals surface area contributed by atoms with Crippen LogP contribution in [-0.4, -0.2) is 231 Å². The van der Waals surface area contributed by atoms with E-state index in [9.17, 15) is 67.4 Å². The number of benzene rings is 4. The molecule has 0 saturated carbocycles. The van der Waals surface area contributed by atoms with Crippen LogP contribution in [0.25, 0.3) is 10.0 Å². The third kappa shape index (κ3) is 21.0. The number of imide groups is 3. The number of carbonyl (C=O) groups excluding carboxylic acids is 12. The fourth-order valence-corrected chi connectivity index (χ4v) is 17.2. The van der Waals surface area contributed by atoms with Crippen molar-refractivity contribution >= 4 is 134 Å². The van der Waals surface area contributed by atoms with Crippen LogP contribution in [0.1, 0.15) is 196 Å². The summed E-state index contributed by atoms with van der Waals surface area (Å²) >= 11 is 14.7. The topological polar surface area (TPSA) is 447 Å². The van der Waals surface area contributed by atoms with Crippen LogP contribution in [0.5, 0.6) is 11.5 Å². The van der Waals surface area contributed by atoms with Crippen molar-refractivity contribution in [3.63, 3.8) is 0 Å². The molecular formula is C84H88Cl2N14O21S2. The third-order valence-electron chi connectivity index (χ3n) is 20.4. The molecule has 6 aliphatic rings. The van der Waals surface area contributed by atoms with Gasteiger partial charge in [0.25, 0.3) is 29.5 Å². The van der Waals surface area contributed by atoms with E-state index in [-0.39, 0.29) is 142 Å². The van der Waals surface area contributed by atoms with E-state index in [1.54, 1.807) is 63.2 Å². The molecule has 0 radical (unpaired) electrons. The molecule has 2 unspecified atom stereocenters. The summed E-state index contributed by atoms with van der Waals surface area (Å²) in [6.07, 6.45) is 2.28. The molecule has 4 aromatic carbocycles. The van der Waals surface area contributed by atoms with E-state index in [0.29, 0.717) is 139 Å². The Labute approximate surface area is 722 Å². The summed E-state index contributed by atoms with van der Waals surface area (Å²) in [7, 11) is 1.32. The Morgan fingerprint density at radius 1 is 0.569 bits per heavy atom. The molecule has 14 rings (SSSR count). The quantitative estimate of drug-likeness (QED) is 0.0144. The van der Waals surface area contributed by atoms with Gasteiger partial charge < -0.3 is 53.8 Å². The number of carboxylic acids is 1. The molecular weight excluding hydrogens is 1680 g/mol. The minimum absolute atomic E-state index is 0.00425. The largest absolute Gasteiger partial charge is 0.485 e. The van der Waals surface area contributed by atoms with Gasteiger partial charge in [0.05, 0.1) is 87.1 Å². The molecule has 10 heterocycles. The number of ketones is 2. The Kier molecular flexibility index (Phi) is 30.3. The number of piperidine rings is 2. The summed E-state index contributed by atoms with van der Waals surface area (Å²) in [6, 6.07) is 20.9. The number of halogens is 2. The average Bonchev–Trinajstić information content (AvgIpc) is 1.59. The summed E-state index contributed by atoms with van der Waals surface area (Å²) in [6.45, 7) is 14.0. The number of rotatable bonds is 34. The number of carboxylic acid groups (broad SMARTS) is 1. The molecule has 646 valence electrons. The number of ether oxygens (including phenoxy) is 7. The number of hydrogen-bond donors (Lipinski definition) is 5. The monoisotopic (exact) mass is 1760 g/mol. The van der Waals surface area contributed by atoms with E-state index in [2.05, 4.69) is 41.7 Å². The molecule has 4 atom stereocenters. The Balaban J connectivity index is 0.000000187. The lowest BCUT2D eigenvalue weighted by Gasteiger charge is -2.29. The second-order valence-electron chi connectivity index (χ2n) is 28.9. The van der Waals surface area contributed by atoms with Crippen LogP contribution in [0.15, 0.2) is 94.9 Å². The maximum absolute atomic E-state index is 13.6. The number of fused-ring (bicyclic) bond motifs is 8. The number of hydrogen-bond acceptors (Lipinski definition) is 28. The number of esters is 1. The molecule has 35 nitrogen and oxygen atoms in total. The molecule has 2 fully saturated rings. The predicted molar refractivity (Wildman–Crippen MR) is 446 cm³/mol. The minimum Gasteiger partial charge on any atom is -0.485 e. The number of nitrogens with one attached hydrogen (secondary N) is 4. The van der Waals surface area contributed by atoms with Crippen molar-refractivity contribution in [3.05, 3.63) is 184 Å². The van der Waals surface area contributed by atoms with Crippen molar-refractivity contribution in [1.29, 1.82) is 0 Å². The van der Waals surface area contributed by atoms with Gasteiger partial charge in [0.2, 0.25) is 23.6 Å². The number of nitrogens with zero attached hydrogens (tertiary/aromatic N) is 10. The van der Waals surface area contributed by atoms with Gasteiger partial charge in [-0.05, 0) is 120 Å². The van der Waals surface area contributed by atoms with E-state index >= 15 is 0 Å². The summed E-state index contributed by atoms with van der Waals surface area (Å²) in [5, 5.41) is 39.3. The number of amides is 9. The van der Waals surface area contributed by atoms with Crippen molar-refractivity contribution in [1.82, 2.24) is 60.6 Å². The summed E-state index contributed by atoms with van der Waals surface area (Å²) in [5.74, 6) is -3.27. The number of aryl methyl sites for hydroxylation is 2. The Bertz CT molecular complexity index is 5510. The first-order chi connectivity index (χ1) is 59.2. The SMILES string of the molecule is CC(=O)C[C@H]1N=C(c2ccc(Cl)cc2)c2c(sc(C(=O)O)c2C)-n2c(C)nnc21.CCCOCCOCCNC(=O)COc1cccc2c1C(=O)N(C1CCC(=O)NC1=O)C2=O.COC(=O)C[C@H]1N=C(c2ccc(Cl)cc2)c2c(sc(C(=O)NCCOCCOCCCC(=O)COc3cccc4c3CN(C3CCC(=O)NC3=O)C4=O)c2C)-n2c(C)nnc21. The van der Waals surface area contributed by atoms with Gasteiger partial charge in [-0.25, -0.2) is 4.79 Å². The van der Waals surface area contributed by atoms with Crippen LogP contribution in [0, 0.1) is 27.7 Å². The number of Topliss-reactive ketones (excluding diaryl/α,β-unsaturated/α-hetero) is 2. The number of methoxy groups -OCH3 is 1. The number of aromatic nitrogens is 6. The molecule has 123 heavy (non-hydrogen) atoms. The van der Waals surface area contributed by atoms with E-state index in [1.807, 2.05) is 47.2 Å². The first-order valence-electron chi connectivity index (χ1n) is 39.5. The number of aliphatic imine (C=N–C) groups is 2. The molecule has 6 aliphatic heterocycles. The van der Waals surface area contributed by atoms with Gasteiger partial charge in [-0.1, -0.05) is 66.5 Å². The second-order valence-corrected chi connectivity index (χ2v) is 31.8. The van der Waals surface area contributed by atoms with E-state index in [0.717, 1.165) is 39.3 Å². The highest BCUT2D eigenvalue weighted by atomic mass is 35.5. The molecule has 0 aliphatic carbocycles. The van der Waals surface area contributed by atoms with E-state index < -0.39 is 71.5 Å². The maximum Gasteiger partial charge on any atom is 0.346 e. The first kappa shape index (κ1) is 90.3. The third-order valence-corrected chi connectivity index (χ3v) is 23.4. The number of carbonyl (C=O) groups is 13. The Morgan fingerprint density at radius 2 is 1.08 bits per heavy atom. The fourth-order valence-electron chi connectivity index (χ4n) is 14.4. The zero-order valence-corrected chi connectivity index (χ0v) is 71.3. The zero-order valence-electron chi connectivity index (χ0n) is 68.1. The van der Waals surface area contributed by atoms with Crippen molar-refractivity contribution < 1.29 is 101 Å². The summed E-state index contributed by atoms with van der Waals surface area (Å²) in [4.78, 5) is 174. The highest BCUT2D eigenvalue weighted by Crippen LogP contribution is 2.43.